The SMILES string of the molecule is O=C(CC1(c2ccc(-c3ccc(Cl)cc3)s2)CCN(S(=O)(=O)c2cccs2)CCS1(=O)=O)NO. The lowest BCUT2D eigenvalue weighted by Gasteiger charge is -2.30. The minimum Gasteiger partial charge on any atom is -0.289 e. The van der Waals surface area contributed by atoms with Crippen LogP contribution in [0.25, 0.3) is 10.4 Å². The van der Waals surface area contributed by atoms with Gasteiger partial charge in [0.2, 0.25) is 5.91 Å². The average Bonchev–Trinajstić information content (AvgIpc) is 3.49. The molecule has 0 saturated carbocycles. The Morgan fingerprint density at radius 3 is 2.53 bits per heavy atom. The monoisotopic (exact) mass is 560 g/mol. The van der Waals surface area contributed by atoms with Gasteiger partial charge in [0.05, 0.1) is 12.2 Å². The molecule has 4 rings (SSSR count). The Bertz CT molecular complexity index is 1390. The Kier molecular flexibility index (Phi) is 7.21. The molecule has 1 aliphatic heterocycles. The third-order valence-electron chi connectivity index (χ3n) is 5.81. The van der Waals surface area contributed by atoms with Crippen molar-refractivity contribution >= 4 is 60.0 Å². The van der Waals surface area contributed by atoms with Gasteiger partial charge in [-0.2, -0.15) is 4.31 Å². The van der Waals surface area contributed by atoms with Gasteiger partial charge in [0, 0.05) is 27.9 Å². The van der Waals surface area contributed by atoms with Crippen LogP contribution < -0.4 is 5.48 Å². The Morgan fingerprint density at radius 2 is 1.88 bits per heavy atom. The van der Waals surface area contributed by atoms with E-state index in [4.69, 9.17) is 11.6 Å². The van der Waals surface area contributed by atoms with Crippen LogP contribution in [-0.4, -0.2) is 51.1 Å². The summed E-state index contributed by atoms with van der Waals surface area (Å²) in [5, 5.41) is 11.4. The number of benzene rings is 1. The predicted octanol–water partition coefficient (Wildman–Crippen LogP) is 3.73. The molecule has 8 nitrogen and oxygen atoms in total. The zero-order valence-electron chi connectivity index (χ0n) is 17.7. The zero-order valence-corrected chi connectivity index (χ0v) is 21.7. The second kappa shape index (κ2) is 9.69. The standard InChI is InChI=1S/C21H21ClN2O6S4/c22-16-5-3-15(4-6-16)17-7-8-18(32-17)21(14-19(25)23-26)9-10-24(11-13-33(21,27)28)34(29,30)20-2-1-12-31-20/h1-8,12,26H,9-11,13-14H2,(H,23,25). The topological polar surface area (TPSA) is 121 Å². The normalized spacial score (nSPS) is 21.1. The van der Waals surface area contributed by atoms with Crippen molar-refractivity contribution in [3.8, 4) is 10.4 Å². The van der Waals surface area contributed by atoms with E-state index in [-0.39, 0.29) is 23.7 Å². The predicted molar refractivity (Wildman–Crippen MR) is 132 cm³/mol. The maximum absolute atomic E-state index is 13.6. The molecule has 0 spiro atoms. The summed E-state index contributed by atoms with van der Waals surface area (Å²) in [5.74, 6) is -1.32. The van der Waals surface area contributed by atoms with E-state index in [1.807, 2.05) is 12.1 Å². The third kappa shape index (κ3) is 4.68. The van der Waals surface area contributed by atoms with E-state index in [0.29, 0.717) is 9.90 Å². The van der Waals surface area contributed by atoms with Gasteiger partial charge in [-0.15, -0.1) is 22.7 Å². The van der Waals surface area contributed by atoms with Crippen LogP contribution in [0.5, 0.6) is 0 Å². The number of nitrogens with zero attached hydrogens (tertiary/aromatic N) is 1. The van der Waals surface area contributed by atoms with Crippen LogP contribution in [0.1, 0.15) is 17.7 Å². The van der Waals surface area contributed by atoms with E-state index in [0.717, 1.165) is 26.1 Å². The number of halogens is 1. The number of hydroxylamine groups is 1. The van der Waals surface area contributed by atoms with E-state index < -0.39 is 42.7 Å². The molecule has 1 unspecified atom stereocenters. The van der Waals surface area contributed by atoms with Gasteiger partial charge in [-0.25, -0.2) is 22.3 Å². The maximum atomic E-state index is 13.6. The van der Waals surface area contributed by atoms with E-state index in [9.17, 15) is 26.8 Å². The summed E-state index contributed by atoms with van der Waals surface area (Å²) in [5.41, 5.74) is 2.36. The number of hydrogen-bond acceptors (Lipinski definition) is 8. The Labute approximate surface area is 210 Å². The summed E-state index contributed by atoms with van der Waals surface area (Å²) in [7, 11) is -7.87. The molecule has 2 N–H and O–H groups in total. The molecule has 3 heterocycles. The first-order valence-electron chi connectivity index (χ1n) is 10.1. The summed E-state index contributed by atoms with van der Waals surface area (Å²) >= 11 is 8.24. The first-order valence-corrected chi connectivity index (χ1v) is 15.3. The molecule has 1 aliphatic rings. The van der Waals surface area contributed by atoms with Gasteiger partial charge in [-0.05, 0) is 47.7 Å². The molecule has 34 heavy (non-hydrogen) atoms. The molecular formula is C21H21ClN2O6S4. The molecule has 182 valence electrons. The molecule has 0 bridgehead atoms. The van der Waals surface area contributed by atoms with Gasteiger partial charge in [0.15, 0.2) is 9.84 Å². The van der Waals surface area contributed by atoms with Crippen molar-refractivity contribution in [3.05, 3.63) is 63.8 Å². The highest BCUT2D eigenvalue weighted by Crippen LogP contribution is 2.45. The summed E-state index contributed by atoms with van der Waals surface area (Å²) in [6, 6.07) is 13.6. The second-order valence-electron chi connectivity index (χ2n) is 7.78. The lowest BCUT2D eigenvalue weighted by atomic mass is 9.97. The number of nitrogens with one attached hydrogen (secondary N) is 1. The van der Waals surface area contributed by atoms with Crippen molar-refractivity contribution in [1.29, 1.82) is 0 Å². The number of sulfonamides is 1. The summed E-state index contributed by atoms with van der Waals surface area (Å²) in [4.78, 5) is 13.5. The molecule has 1 saturated heterocycles. The fraction of sp³-hybridized carbons (Fsp3) is 0.286. The van der Waals surface area contributed by atoms with Gasteiger partial charge in [0.25, 0.3) is 10.0 Å². The number of sulfone groups is 1. The highest BCUT2D eigenvalue weighted by atomic mass is 35.5. The number of amides is 1. The summed E-state index contributed by atoms with van der Waals surface area (Å²) in [6.07, 6.45) is -0.660. The van der Waals surface area contributed by atoms with Crippen molar-refractivity contribution in [2.45, 2.75) is 21.8 Å². The molecule has 0 radical (unpaired) electrons. The van der Waals surface area contributed by atoms with E-state index in [1.165, 1.54) is 22.9 Å². The fourth-order valence-electron chi connectivity index (χ4n) is 3.98. The van der Waals surface area contributed by atoms with Gasteiger partial charge in [-0.1, -0.05) is 29.8 Å². The first-order chi connectivity index (χ1) is 16.1. The van der Waals surface area contributed by atoms with Crippen molar-refractivity contribution in [2.24, 2.45) is 0 Å². The van der Waals surface area contributed by atoms with Gasteiger partial charge < -0.3 is 0 Å². The molecule has 1 fully saturated rings. The quantitative estimate of drug-likeness (QED) is 0.350. The smallest absolute Gasteiger partial charge is 0.252 e. The van der Waals surface area contributed by atoms with Gasteiger partial charge in [0.1, 0.15) is 8.96 Å². The minimum atomic E-state index is -4.00. The highest BCUT2D eigenvalue weighted by Gasteiger charge is 2.50. The largest absolute Gasteiger partial charge is 0.289 e. The minimum absolute atomic E-state index is 0.0909. The van der Waals surface area contributed by atoms with Crippen molar-refractivity contribution < 1.29 is 26.8 Å². The van der Waals surface area contributed by atoms with Gasteiger partial charge in [-0.3, -0.25) is 10.0 Å². The van der Waals surface area contributed by atoms with Crippen molar-refractivity contribution in [2.75, 3.05) is 18.8 Å². The Balaban J connectivity index is 1.76. The van der Waals surface area contributed by atoms with Crippen molar-refractivity contribution in [3.63, 3.8) is 0 Å². The lowest BCUT2D eigenvalue weighted by Crippen LogP contribution is -2.41. The molecule has 13 heteroatoms. The zero-order chi connectivity index (χ0) is 24.6. The molecular weight excluding hydrogens is 540 g/mol. The lowest BCUT2D eigenvalue weighted by molar-refractivity contribution is -0.129. The van der Waals surface area contributed by atoms with Crippen LogP contribution in [0.2, 0.25) is 5.02 Å². The average molecular weight is 561 g/mol. The van der Waals surface area contributed by atoms with Crippen LogP contribution in [0.4, 0.5) is 0 Å². The number of thiophene rings is 2. The highest BCUT2D eigenvalue weighted by molar-refractivity contribution is 7.93. The molecule has 1 aromatic carbocycles. The Morgan fingerprint density at radius 1 is 1.15 bits per heavy atom. The Hall–Kier alpha value is -1.80. The molecule has 2 aromatic heterocycles. The number of carbonyl (C=O) groups is 1. The number of rotatable bonds is 6. The van der Waals surface area contributed by atoms with Crippen molar-refractivity contribution in [1.82, 2.24) is 9.79 Å². The maximum Gasteiger partial charge on any atom is 0.252 e. The first kappa shape index (κ1) is 25.3. The number of hydrogen-bond donors (Lipinski definition) is 2. The van der Waals surface area contributed by atoms with E-state index in [1.54, 1.807) is 35.7 Å². The van der Waals surface area contributed by atoms with E-state index >= 15 is 0 Å². The second-order valence-corrected chi connectivity index (χ2v) is 14.8. The van der Waals surface area contributed by atoms with Crippen LogP contribution in [0.3, 0.4) is 0 Å². The van der Waals surface area contributed by atoms with Crippen LogP contribution in [0.15, 0.2) is 58.1 Å². The van der Waals surface area contributed by atoms with Gasteiger partial charge >= 0.3 is 0 Å². The summed E-state index contributed by atoms with van der Waals surface area (Å²) < 4.78 is 53.0. The van der Waals surface area contributed by atoms with E-state index in [2.05, 4.69) is 0 Å². The molecule has 3 aromatic rings. The third-order valence-corrected chi connectivity index (χ3v) is 13.3. The number of carbonyl (C=O) groups excluding carboxylic acids is 1. The van der Waals surface area contributed by atoms with Crippen LogP contribution >= 0.6 is 34.3 Å². The summed E-state index contributed by atoms with van der Waals surface area (Å²) in [6.45, 7) is -0.313. The molecule has 1 atom stereocenters. The molecule has 0 aliphatic carbocycles. The fourth-order valence-corrected chi connectivity index (χ4v) is 10.4. The molecule has 1 amide bonds. The van der Waals surface area contributed by atoms with Crippen LogP contribution in [0, 0.1) is 0 Å². The van der Waals surface area contributed by atoms with Crippen LogP contribution in [-0.2, 0) is 29.4 Å².